The van der Waals surface area contributed by atoms with Crippen LogP contribution >= 0.6 is 0 Å². The molecule has 0 aliphatic carbocycles. The summed E-state index contributed by atoms with van der Waals surface area (Å²) < 4.78 is 5.45. The molecule has 7 heteroatoms. The molecule has 0 saturated carbocycles. The molecule has 3 rings (SSSR count). The average molecular weight is 359 g/mol. The minimum atomic E-state index is -0.283. The molecular weight excluding hydrogens is 334 g/mol. The van der Waals surface area contributed by atoms with Gasteiger partial charge in [0.2, 0.25) is 5.91 Å². The Balaban J connectivity index is 1.36. The third kappa shape index (κ3) is 4.82. The van der Waals surface area contributed by atoms with Crippen LogP contribution in [-0.2, 0) is 14.3 Å². The predicted molar refractivity (Wildman–Crippen MR) is 95.5 cm³/mol. The van der Waals surface area contributed by atoms with E-state index in [1.165, 1.54) is 0 Å². The van der Waals surface area contributed by atoms with Gasteiger partial charge in [0.15, 0.2) is 0 Å². The Kier molecular flexibility index (Phi) is 6.22. The summed E-state index contributed by atoms with van der Waals surface area (Å²) in [6.45, 7) is 1.86. The normalized spacial score (nSPS) is 20.6. The van der Waals surface area contributed by atoms with Gasteiger partial charge in [0.05, 0.1) is 6.54 Å². The zero-order chi connectivity index (χ0) is 18.4. The number of hydrogen-bond donors (Lipinski definition) is 2. The summed E-state index contributed by atoms with van der Waals surface area (Å²) in [5.74, 6) is -0.404. The Morgan fingerprint density at radius 1 is 1.08 bits per heavy atom. The Labute approximate surface area is 153 Å². The van der Waals surface area contributed by atoms with Crippen LogP contribution in [0, 0.1) is 0 Å². The molecule has 0 aromatic heterocycles. The van der Waals surface area contributed by atoms with E-state index in [2.05, 4.69) is 10.6 Å². The van der Waals surface area contributed by atoms with Crippen LogP contribution in [0.15, 0.2) is 30.3 Å². The Bertz CT molecular complexity index is 635. The van der Waals surface area contributed by atoms with Gasteiger partial charge in [-0.05, 0) is 37.8 Å². The molecule has 1 aromatic carbocycles. The lowest BCUT2D eigenvalue weighted by Gasteiger charge is -2.33. The molecule has 3 amide bonds. The number of benzene rings is 1. The summed E-state index contributed by atoms with van der Waals surface area (Å²) in [5, 5.41) is 5.55. The minimum Gasteiger partial charge on any atom is -0.368 e. The first kappa shape index (κ1) is 18.4. The van der Waals surface area contributed by atoms with Crippen LogP contribution in [0.25, 0.3) is 0 Å². The fourth-order valence-electron chi connectivity index (χ4n) is 3.35. The predicted octanol–water partition coefficient (Wildman–Crippen LogP) is 0.703. The number of nitrogens with zero attached hydrogens (tertiary/aromatic N) is 1. The highest BCUT2D eigenvalue weighted by Gasteiger charge is 2.31. The van der Waals surface area contributed by atoms with Crippen molar-refractivity contribution >= 4 is 17.7 Å². The smallest absolute Gasteiger partial charge is 0.251 e. The molecule has 0 bridgehead atoms. The summed E-state index contributed by atoms with van der Waals surface area (Å²) >= 11 is 0. The maximum absolute atomic E-state index is 12.3. The molecule has 7 nitrogen and oxygen atoms in total. The number of nitrogens with one attached hydrogen (secondary N) is 2. The van der Waals surface area contributed by atoms with Crippen LogP contribution in [0.5, 0.6) is 0 Å². The van der Waals surface area contributed by atoms with E-state index < -0.39 is 0 Å². The number of likely N-dealkylation sites (tertiary alicyclic amines) is 1. The molecule has 2 fully saturated rings. The molecule has 2 aliphatic rings. The first-order valence-corrected chi connectivity index (χ1v) is 9.16. The fraction of sp³-hybridized carbons (Fsp3) is 0.526. The Hall–Kier alpha value is -2.41. The van der Waals surface area contributed by atoms with Crippen molar-refractivity contribution in [2.45, 2.75) is 37.8 Å². The summed E-state index contributed by atoms with van der Waals surface area (Å²) in [4.78, 5) is 38.1. The van der Waals surface area contributed by atoms with Gasteiger partial charge in [-0.3, -0.25) is 14.4 Å². The Morgan fingerprint density at radius 2 is 1.81 bits per heavy atom. The second-order valence-corrected chi connectivity index (χ2v) is 6.72. The highest BCUT2D eigenvalue weighted by Crippen LogP contribution is 2.18. The highest BCUT2D eigenvalue weighted by atomic mass is 16.5. The number of carbonyl (C=O) groups is 3. The summed E-state index contributed by atoms with van der Waals surface area (Å²) in [7, 11) is 0. The zero-order valence-corrected chi connectivity index (χ0v) is 14.8. The second-order valence-electron chi connectivity index (χ2n) is 6.72. The van der Waals surface area contributed by atoms with Gasteiger partial charge >= 0.3 is 0 Å². The Morgan fingerprint density at radius 3 is 2.46 bits per heavy atom. The lowest BCUT2D eigenvalue weighted by molar-refractivity contribution is -0.142. The van der Waals surface area contributed by atoms with E-state index >= 15 is 0 Å². The zero-order valence-electron chi connectivity index (χ0n) is 14.8. The van der Waals surface area contributed by atoms with Crippen LogP contribution in [-0.4, -0.2) is 61.0 Å². The average Bonchev–Trinajstić information content (AvgIpc) is 3.21. The monoisotopic (exact) mass is 359 g/mol. The number of rotatable bonds is 5. The van der Waals surface area contributed by atoms with Crippen LogP contribution in [0.3, 0.4) is 0 Å². The van der Waals surface area contributed by atoms with Gasteiger partial charge in [-0.15, -0.1) is 0 Å². The molecule has 2 saturated heterocycles. The van der Waals surface area contributed by atoms with E-state index in [0.717, 1.165) is 25.7 Å². The van der Waals surface area contributed by atoms with Crippen molar-refractivity contribution in [1.29, 1.82) is 0 Å². The van der Waals surface area contributed by atoms with Crippen LogP contribution in [0.1, 0.15) is 36.0 Å². The molecule has 0 radical (unpaired) electrons. The quantitative estimate of drug-likeness (QED) is 0.810. The van der Waals surface area contributed by atoms with E-state index in [9.17, 15) is 14.4 Å². The van der Waals surface area contributed by atoms with E-state index in [-0.39, 0.29) is 36.4 Å². The lowest BCUT2D eigenvalue weighted by atomic mass is 10.0. The molecule has 140 valence electrons. The van der Waals surface area contributed by atoms with Crippen molar-refractivity contribution in [1.82, 2.24) is 15.5 Å². The summed E-state index contributed by atoms with van der Waals surface area (Å²) in [6, 6.07) is 8.83. The van der Waals surface area contributed by atoms with Gasteiger partial charge in [-0.25, -0.2) is 0 Å². The topological polar surface area (TPSA) is 87.7 Å². The fourth-order valence-corrected chi connectivity index (χ4v) is 3.35. The molecule has 2 heterocycles. The van der Waals surface area contributed by atoms with Gasteiger partial charge in [-0.1, -0.05) is 18.2 Å². The molecule has 1 unspecified atom stereocenters. The van der Waals surface area contributed by atoms with E-state index in [1.54, 1.807) is 24.3 Å². The number of ether oxygens (including phenoxy) is 1. The van der Waals surface area contributed by atoms with E-state index in [1.807, 2.05) is 11.0 Å². The summed E-state index contributed by atoms with van der Waals surface area (Å²) in [6.07, 6.45) is 2.90. The summed E-state index contributed by atoms with van der Waals surface area (Å²) in [5.41, 5.74) is 0.529. The molecule has 1 atom stereocenters. The third-order valence-corrected chi connectivity index (χ3v) is 4.82. The minimum absolute atomic E-state index is 0.0321. The molecule has 1 aromatic rings. The molecule has 0 spiro atoms. The third-order valence-electron chi connectivity index (χ3n) is 4.82. The number of carbonyl (C=O) groups excluding carboxylic acids is 3. The van der Waals surface area contributed by atoms with Crippen LogP contribution in [0.4, 0.5) is 0 Å². The van der Waals surface area contributed by atoms with Crippen molar-refractivity contribution < 1.29 is 19.1 Å². The van der Waals surface area contributed by atoms with Gasteiger partial charge in [0.1, 0.15) is 6.10 Å². The van der Waals surface area contributed by atoms with Crippen molar-refractivity contribution in [3.05, 3.63) is 35.9 Å². The first-order valence-electron chi connectivity index (χ1n) is 9.16. The van der Waals surface area contributed by atoms with Crippen LogP contribution < -0.4 is 10.6 Å². The number of piperidine rings is 1. The first-order chi connectivity index (χ1) is 12.6. The maximum Gasteiger partial charge on any atom is 0.251 e. The molecule has 26 heavy (non-hydrogen) atoms. The van der Waals surface area contributed by atoms with Crippen molar-refractivity contribution in [3.63, 3.8) is 0 Å². The van der Waals surface area contributed by atoms with Gasteiger partial charge in [0, 0.05) is 31.3 Å². The second kappa shape index (κ2) is 8.80. The van der Waals surface area contributed by atoms with E-state index in [4.69, 9.17) is 4.74 Å². The SMILES string of the molecule is O=C(CNC(=O)c1ccccc1)NC1CCN(C(=O)C2CCCO2)CC1. The highest BCUT2D eigenvalue weighted by molar-refractivity contribution is 5.96. The van der Waals surface area contributed by atoms with Crippen molar-refractivity contribution in [2.24, 2.45) is 0 Å². The lowest BCUT2D eigenvalue weighted by Crippen LogP contribution is -2.50. The molecule has 2 N–H and O–H groups in total. The number of amides is 3. The van der Waals surface area contributed by atoms with Gasteiger partial charge in [-0.2, -0.15) is 0 Å². The van der Waals surface area contributed by atoms with E-state index in [0.29, 0.717) is 25.3 Å². The molecule has 2 aliphatic heterocycles. The van der Waals surface area contributed by atoms with Crippen molar-refractivity contribution in [2.75, 3.05) is 26.2 Å². The van der Waals surface area contributed by atoms with Crippen LogP contribution in [0.2, 0.25) is 0 Å². The maximum atomic E-state index is 12.3. The van der Waals surface area contributed by atoms with Crippen molar-refractivity contribution in [3.8, 4) is 0 Å². The standard InChI is InChI=1S/C19H25N3O4/c23-17(13-20-18(24)14-5-2-1-3-6-14)21-15-8-10-22(11-9-15)19(25)16-7-4-12-26-16/h1-3,5-6,15-16H,4,7-13H2,(H,20,24)(H,21,23). The van der Waals surface area contributed by atoms with Gasteiger partial charge < -0.3 is 20.3 Å². The molecular formula is C19H25N3O4. The van der Waals surface area contributed by atoms with Gasteiger partial charge in [0.25, 0.3) is 11.8 Å². The number of hydrogen-bond acceptors (Lipinski definition) is 4. The largest absolute Gasteiger partial charge is 0.368 e.